The number of hydrogen-bond donors (Lipinski definition) is 2. The van der Waals surface area contributed by atoms with E-state index < -0.39 is 0 Å². The molecule has 0 fully saturated rings. The Hall–Kier alpha value is -1.58. The molecule has 3 N–H and O–H groups in total. The zero-order chi connectivity index (χ0) is 9.42. The van der Waals surface area contributed by atoms with Crippen LogP contribution in [0.4, 0.5) is 4.79 Å². The third-order valence-electron chi connectivity index (χ3n) is 2.38. The number of amides is 2. The number of urea groups is 1. The smallest absolute Gasteiger partial charge is 0.343 e. The SMILES string of the molecule is CC1=CC=CC2C(N)=NC(=O)NC12. The van der Waals surface area contributed by atoms with E-state index in [1.165, 1.54) is 0 Å². The molecule has 0 bridgehead atoms. The van der Waals surface area contributed by atoms with Gasteiger partial charge in [-0.15, -0.1) is 0 Å². The lowest BCUT2D eigenvalue weighted by molar-refractivity contribution is 0.244. The molecule has 0 radical (unpaired) electrons. The Morgan fingerprint density at radius 3 is 3.15 bits per heavy atom. The molecular formula is C9H11N3O. The van der Waals surface area contributed by atoms with Crippen LogP contribution in [0.25, 0.3) is 0 Å². The lowest BCUT2D eigenvalue weighted by atomic mass is 9.87. The molecule has 0 aromatic rings. The van der Waals surface area contributed by atoms with Crippen LogP contribution in [-0.4, -0.2) is 17.9 Å². The number of rotatable bonds is 0. The van der Waals surface area contributed by atoms with Gasteiger partial charge in [0.2, 0.25) is 0 Å². The van der Waals surface area contributed by atoms with E-state index in [2.05, 4.69) is 10.3 Å². The number of aliphatic imine (C=N–C) groups is 1. The molecule has 2 rings (SSSR count). The first-order chi connectivity index (χ1) is 6.18. The van der Waals surface area contributed by atoms with Crippen molar-refractivity contribution in [2.45, 2.75) is 13.0 Å². The highest BCUT2D eigenvalue weighted by atomic mass is 16.2. The second-order valence-electron chi connectivity index (χ2n) is 3.29. The van der Waals surface area contributed by atoms with E-state index in [-0.39, 0.29) is 18.0 Å². The summed E-state index contributed by atoms with van der Waals surface area (Å²) in [5, 5.41) is 2.77. The molecule has 13 heavy (non-hydrogen) atoms. The summed E-state index contributed by atoms with van der Waals surface area (Å²) in [6.07, 6.45) is 5.87. The summed E-state index contributed by atoms with van der Waals surface area (Å²) >= 11 is 0. The van der Waals surface area contributed by atoms with Gasteiger partial charge in [-0.2, -0.15) is 4.99 Å². The van der Waals surface area contributed by atoms with Crippen LogP contribution in [0, 0.1) is 5.92 Å². The van der Waals surface area contributed by atoms with Crippen molar-refractivity contribution >= 4 is 11.9 Å². The fourth-order valence-corrected chi connectivity index (χ4v) is 1.66. The molecule has 0 aromatic heterocycles. The number of hydrogen-bond acceptors (Lipinski definition) is 2. The van der Waals surface area contributed by atoms with Crippen molar-refractivity contribution in [3.8, 4) is 0 Å². The van der Waals surface area contributed by atoms with Gasteiger partial charge in [-0.3, -0.25) is 0 Å². The Balaban J connectivity index is 2.38. The third kappa shape index (κ3) is 1.24. The van der Waals surface area contributed by atoms with Gasteiger partial charge >= 0.3 is 6.03 Å². The predicted molar refractivity (Wildman–Crippen MR) is 50.3 cm³/mol. The van der Waals surface area contributed by atoms with Crippen molar-refractivity contribution in [3.63, 3.8) is 0 Å². The zero-order valence-corrected chi connectivity index (χ0v) is 7.32. The second kappa shape index (κ2) is 2.73. The first kappa shape index (κ1) is 8.04. The van der Waals surface area contributed by atoms with Crippen LogP contribution in [-0.2, 0) is 0 Å². The lowest BCUT2D eigenvalue weighted by Crippen LogP contribution is -2.50. The first-order valence-electron chi connectivity index (χ1n) is 4.18. The molecule has 1 aliphatic heterocycles. The van der Waals surface area contributed by atoms with Crippen LogP contribution >= 0.6 is 0 Å². The van der Waals surface area contributed by atoms with Gasteiger partial charge in [0.1, 0.15) is 5.84 Å². The molecule has 68 valence electrons. The number of nitrogens with zero attached hydrogens (tertiary/aromatic N) is 1. The van der Waals surface area contributed by atoms with Crippen LogP contribution in [0.3, 0.4) is 0 Å². The number of allylic oxidation sites excluding steroid dienone is 2. The summed E-state index contributed by atoms with van der Waals surface area (Å²) in [7, 11) is 0. The molecule has 1 aliphatic carbocycles. The van der Waals surface area contributed by atoms with Crippen LogP contribution in [0.1, 0.15) is 6.92 Å². The van der Waals surface area contributed by atoms with Crippen LogP contribution in [0.2, 0.25) is 0 Å². The third-order valence-corrected chi connectivity index (χ3v) is 2.38. The Morgan fingerprint density at radius 1 is 1.62 bits per heavy atom. The van der Waals surface area contributed by atoms with Crippen molar-refractivity contribution in [3.05, 3.63) is 23.8 Å². The van der Waals surface area contributed by atoms with Crippen LogP contribution < -0.4 is 11.1 Å². The molecule has 4 nitrogen and oxygen atoms in total. The number of carbonyl (C=O) groups excluding carboxylic acids is 1. The van der Waals surface area contributed by atoms with Crippen molar-refractivity contribution in [1.29, 1.82) is 0 Å². The van der Waals surface area contributed by atoms with Gasteiger partial charge < -0.3 is 11.1 Å². The Labute approximate surface area is 76.2 Å². The van der Waals surface area contributed by atoms with Gasteiger partial charge in [-0.25, -0.2) is 4.79 Å². The maximum Gasteiger partial charge on any atom is 0.343 e. The molecule has 2 unspecified atom stereocenters. The number of nitrogens with one attached hydrogen (secondary N) is 1. The topological polar surface area (TPSA) is 67.5 Å². The predicted octanol–water partition coefficient (Wildman–Crippen LogP) is 0.568. The maximum absolute atomic E-state index is 11.0. The van der Waals surface area contributed by atoms with Gasteiger partial charge in [-0.05, 0) is 6.92 Å². The van der Waals surface area contributed by atoms with Crippen molar-refractivity contribution in [1.82, 2.24) is 5.32 Å². The highest BCUT2D eigenvalue weighted by Crippen LogP contribution is 2.21. The summed E-state index contributed by atoms with van der Waals surface area (Å²) in [5.74, 6) is 0.431. The number of carbonyl (C=O) groups is 1. The van der Waals surface area contributed by atoms with Crippen LogP contribution in [0.5, 0.6) is 0 Å². The minimum absolute atomic E-state index is 0.00463. The average Bonchev–Trinajstić information content (AvgIpc) is 2.07. The van der Waals surface area contributed by atoms with Crippen molar-refractivity contribution in [2.75, 3.05) is 0 Å². The highest BCUT2D eigenvalue weighted by molar-refractivity contribution is 5.98. The fraction of sp³-hybridized carbons (Fsp3) is 0.333. The van der Waals surface area contributed by atoms with E-state index in [0.717, 1.165) is 5.57 Å². The lowest BCUT2D eigenvalue weighted by Gasteiger charge is -2.30. The quantitative estimate of drug-likeness (QED) is 0.568. The van der Waals surface area contributed by atoms with Crippen molar-refractivity contribution in [2.24, 2.45) is 16.6 Å². The van der Waals surface area contributed by atoms with E-state index in [0.29, 0.717) is 5.84 Å². The Kier molecular flexibility index (Phi) is 1.69. The molecule has 2 amide bonds. The summed E-state index contributed by atoms with van der Waals surface area (Å²) in [5.41, 5.74) is 6.76. The number of nitrogens with two attached hydrogens (primary N) is 1. The van der Waals surface area contributed by atoms with Crippen molar-refractivity contribution < 1.29 is 4.79 Å². The average molecular weight is 177 g/mol. The first-order valence-corrected chi connectivity index (χ1v) is 4.18. The van der Waals surface area contributed by atoms with E-state index in [1.807, 2.05) is 25.2 Å². The molecule has 2 aliphatic rings. The summed E-state index contributed by atoms with van der Waals surface area (Å²) in [4.78, 5) is 14.7. The molecule has 0 aromatic carbocycles. The number of amidine groups is 1. The van der Waals surface area contributed by atoms with Gasteiger partial charge in [-0.1, -0.05) is 23.8 Å². The molecule has 1 heterocycles. The standard InChI is InChI=1S/C9H11N3O/c1-5-3-2-4-6-7(5)11-9(13)12-8(6)10/h2-4,6-7H,1H3,(H3,10,11,12,13). The normalized spacial score (nSPS) is 31.6. The molecule has 0 saturated heterocycles. The molecule has 0 spiro atoms. The molecular weight excluding hydrogens is 166 g/mol. The zero-order valence-electron chi connectivity index (χ0n) is 7.32. The molecule has 0 saturated carbocycles. The van der Waals surface area contributed by atoms with E-state index in [1.54, 1.807) is 0 Å². The largest absolute Gasteiger partial charge is 0.386 e. The minimum atomic E-state index is -0.346. The van der Waals surface area contributed by atoms with Gasteiger partial charge in [0, 0.05) is 0 Å². The monoisotopic (exact) mass is 177 g/mol. The summed E-state index contributed by atoms with van der Waals surface area (Å²) < 4.78 is 0. The minimum Gasteiger partial charge on any atom is -0.386 e. The van der Waals surface area contributed by atoms with Gasteiger partial charge in [0.05, 0.1) is 12.0 Å². The summed E-state index contributed by atoms with van der Waals surface area (Å²) in [6, 6.07) is -0.350. The fourth-order valence-electron chi connectivity index (χ4n) is 1.66. The number of fused-ring (bicyclic) bond motifs is 1. The van der Waals surface area contributed by atoms with Gasteiger partial charge in [0.25, 0.3) is 0 Å². The Morgan fingerprint density at radius 2 is 2.38 bits per heavy atom. The van der Waals surface area contributed by atoms with E-state index in [4.69, 9.17) is 5.73 Å². The van der Waals surface area contributed by atoms with Crippen LogP contribution in [0.15, 0.2) is 28.8 Å². The van der Waals surface area contributed by atoms with E-state index in [9.17, 15) is 4.79 Å². The van der Waals surface area contributed by atoms with E-state index >= 15 is 0 Å². The Bertz CT molecular complexity index is 341. The van der Waals surface area contributed by atoms with Gasteiger partial charge in [0.15, 0.2) is 0 Å². The highest BCUT2D eigenvalue weighted by Gasteiger charge is 2.31. The molecule has 2 atom stereocenters. The summed E-state index contributed by atoms with van der Waals surface area (Å²) in [6.45, 7) is 1.97. The maximum atomic E-state index is 11.0. The second-order valence-corrected chi connectivity index (χ2v) is 3.29. The molecule has 4 heteroatoms.